The minimum Gasteiger partial charge on any atom is -0.490 e. The summed E-state index contributed by atoms with van der Waals surface area (Å²) in [7, 11) is 1.77. The molecule has 158 valence electrons. The maximum atomic E-state index is 6.10. The van der Waals surface area contributed by atoms with Crippen molar-refractivity contribution in [3.8, 4) is 11.6 Å². The fourth-order valence-corrected chi connectivity index (χ4v) is 2.91. The molecule has 0 spiro atoms. The number of guanidine groups is 1. The van der Waals surface area contributed by atoms with E-state index < -0.39 is 0 Å². The lowest BCUT2D eigenvalue weighted by atomic mass is 10.1. The smallest absolute Gasteiger partial charge is 0.191 e. The summed E-state index contributed by atoms with van der Waals surface area (Å²) in [4.78, 5) is 12.8. The maximum Gasteiger partial charge on any atom is 0.191 e. The average molecular weight is 407 g/mol. The van der Waals surface area contributed by atoms with Crippen molar-refractivity contribution in [2.75, 3.05) is 7.05 Å². The predicted molar refractivity (Wildman–Crippen MR) is 120 cm³/mol. The molecule has 2 aromatic heterocycles. The van der Waals surface area contributed by atoms with Crippen molar-refractivity contribution in [2.24, 2.45) is 4.99 Å². The highest BCUT2D eigenvalue weighted by atomic mass is 16.5. The van der Waals surface area contributed by atoms with Gasteiger partial charge in [-0.15, -0.1) is 0 Å². The van der Waals surface area contributed by atoms with Gasteiger partial charge in [-0.05, 0) is 49.6 Å². The van der Waals surface area contributed by atoms with Gasteiger partial charge in [0.25, 0.3) is 0 Å². The molecule has 0 aliphatic rings. The number of ether oxygens (including phenoxy) is 1. The van der Waals surface area contributed by atoms with Gasteiger partial charge in [0.05, 0.1) is 6.10 Å². The van der Waals surface area contributed by atoms with Crippen molar-refractivity contribution in [3.63, 3.8) is 0 Å². The number of hydrogen-bond donors (Lipinski definition) is 2. The van der Waals surface area contributed by atoms with E-state index >= 15 is 0 Å². The molecule has 0 saturated heterocycles. The van der Waals surface area contributed by atoms with Crippen molar-refractivity contribution >= 4 is 5.96 Å². The number of benzene rings is 1. The lowest BCUT2D eigenvalue weighted by Gasteiger charge is -2.18. The van der Waals surface area contributed by atoms with E-state index in [1.165, 1.54) is 5.56 Å². The van der Waals surface area contributed by atoms with Gasteiger partial charge in [-0.2, -0.15) is 0 Å². The molecule has 2 heterocycles. The van der Waals surface area contributed by atoms with Gasteiger partial charge in [-0.3, -0.25) is 9.56 Å². The van der Waals surface area contributed by atoms with Gasteiger partial charge in [-0.1, -0.05) is 19.1 Å². The summed E-state index contributed by atoms with van der Waals surface area (Å²) < 4.78 is 7.99. The van der Waals surface area contributed by atoms with Crippen LogP contribution in [0.1, 0.15) is 37.0 Å². The standard InChI is InChI=1S/C23H30N6O/c1-5-18(3)30-21-12-17(2)6-7-20(21)15-28-23(24-4)27-14-19-8-9-26-22(13-19)29-11-10-25-16-29/h6-13,16,18H,5,14-15H2,1-4H3,(H2,24,27,28). The van der Waals surface area contributed by atoms with Crippen molar-refractivity contribution in [1.82, 2.24) is 25.2 Å². The number of aliphatic imine (C=N–C) groups is 1. The van der Waals surface area contributed by atoms with Crippen LogP contribution >= 0.6 is 0 Å². The third kappa shape index (κ3) is 5.83. The quantitative estimate of drug-likeness (QED) is 0.441. The van der Waals surface area contributed by atoms with Gasteiger partial charge in [0.1, 0.15) is 17.9 Å². The van der Waals surface area contributed by atoms with E-state index in [1.54, 1.807) is 25.8 Å². The molecule has 1 atom stereocenters. The molecule has 2 N–H and O–H groups in total. The topological polar surface area (TPSA) is 76.4 Å². The molecule has 7 nitrogen and oxygen atoms in total. The van der Waals surface area contributed by atoms with Crippen molar-refractivity contribution in [3.05, 3.63) is 71.9 Å². The van der Waals surface area contributed by atoms with Crippen LogP contribution in [0.4, 0.5) is 0 Å². The Hall–Kier alpha value is -3.35. The van der Waals surface area contributed by atoms with Crippen LogP contribution < -0.4 is 15.4 Å². The highest BCUT2D eigenvalue weighted by Gasteiger charge is 2.09. The first-order valence-electron chi connectivity index (χ1n) is 10.2. The second kappa shape index (κ2) is 10.4. The zero-order valence-corrected chi connectivity index (χ0v) is 18.1. The summed E-state index contributed by atoms with van der Waals surface area (Å²) in [6, 6.07) is 10.3. The number of nitrogens with zero attached hydrogens (tertiary/aromatic N) is 4. The van der Waals surface area contributed by atoms with Gasteiger partial charge in [-0.25, -0.2) is 9.97 Å². The largest absolute Gasteiger partial charge is 0.490 e. The van der Waals surface area contributed by atoms with Crippen LogP contribution in [0.3, 0.4) is 0 Å². The molecular formula is C23H30N6O. The van der Waals surface area contributed by atoms with Crippen LogP contribution in [0, 0.1) is 6.92 Å². The molecule has 0 bridgehead atoms. The molecule has 3 rings (SSSR count). The normalized spacial score (nSPS) is 12.5. The Labute approximate surface area is 178 Å². The van der Waals surface area contributed by atoms with Crippen molar-refractivity contribution < 1.29 is 4.74 Å². The third-order valence-electron chi connectivity index (χ3n) is 4.83. The lowest BCUT2D eigenvalue weighted by Crippen LogP contribution is -2.36. The summed E-state index contributed by atoms with van der Waals surface area (Å²) >= 11 is 0. The van der Waals surface area contributed by atoms with Gasteiger partial charge < -0.3 is 15.4 Å². The first-order chi connectivity index (χ1) is 14.6. The molecule has 0 radical (unpaired) electrons. The second-order valence-corrected chi connectivity index (χ2v) is 7.22. The fraction of sp³-hybridized carbons (Fsp3) is 0.348. The van der Waals surface area contributed by atoms with Gasteiger partial charge in [0.2, 0.25) is 0 Å². The van der Waals surface area contributed by atoms with Crippen molar-refractivity contribution in [2.45, 2.75) is 46.4 Å². The fourth-order valence-electron chi connectivity index (χ4n) is 2.91. The summed E-state index contributed by atoms with van der Waals surface area (Å²) in [6.07, 6.45) is 8.30. The lowest BCUT2D eigenvalue weighted by molar-refractivity contribution is 0.215. The number of pyridine rings is 1. The van der Waals surface area contributed by atoms with Gasteiger partial charge in [0, 0.05) is 44.3 Å². The van der Waals surface area contributed by atoms with Crippen LogP contribution in [0.25, 0.3) is 5.82 Å². The van der Waals surface area contributed by atoms with Crippen LogP contribution in [0.15, 0.2) is 60.2 Å². The highest BCUT2D eigenvalue weighted by Crippen LogP contribution is 2.22. The monoisotopic (exact) mass is 406 g/mol. The molecule has 0 amide bonds. The third-order valence-corrected chi connectivity index (χ3v) is 4.83. The first kappa shape index (κ1) is 21.4. The zero-order valence-electron chi connectivity index (χ0n) is 18.1. The van der Waals surface area contributed by atoms with E-state index in [9.17, 15) is 0 Å². The summed E-state index contributed by atoms with van der Waals surface area (Å²) in [5.41, 5.74) is 3.40. The molecule has 30 heavy (non-hydrogen) atoms. The number of hydrogen-bond acceptors (Lipinski definition) is 4. The van der Waals surface area contributed by atoms with Gasteiger partial charge >= 0.3 is 0 Å². The Morgan fingerprint density at radius 1 is 1.17 bits per heavy atom. The van der Waals surface area contributed by atoms with Crippen molar-refractivity contribution in [1.29, 1.82) is 0 Å². The van der Waals surface area contributed by atoms with Gasteiger partial charge in [0.15, 0.2) is 5.96 Å². The average Bonchev–Trinajstić information content (AvgIpc) is 3.30. The van der Waals surface area contributed by atoms with Crippen LogP contribution in [-0.4, -0.2) is 33.6 Å². The molecule has 1 unspecified atom stereocenters. The predicted octanol–water partition coefficient (Wildman–Crippen LogP) is 3.62. The molecule has 0 aliphatic carbocycles. The Bertz CT molecular complexity index is 968. The summed E-state index contributed by atoms with van der Waals surface area (Å²) in [6.45, 7) is 7.55. The molecule has 7 heteroatoms. The van der Waals surface area contributed by atoms with E-state index in [0.29, 0.717) is 13.1 Å². The molecular weight excluding hydrogens is 376 g/mol. The Kier molecular flexibility index (Phi) is 7.43. The van der Waals surface area contributed by atoms with Crippen LogP contribution in [0.5, 0.6) is 5.75 Å². The second-order valence-electron chi connectivity index (χ2n) is 7.22. The highest BCUT2D eigenvalue weighted by molar-refractivity contribution is 5.79. The molecule has 0 saturated carbocycles. The summed E-state index contributed by atoms with van der Waals surface area (Å²) in [5, 5.41) is 6.73. The van der Waals surface area contributed by atoms with E-state index in [4.69, 9.17) is 4.74 Å². The Balaban J connectivity index is 1.60. The van der Waals surface area contributed by atoms with Crippen LogP contribution in [-0.2, 0) is 13.1 Å². The van der Waals surface area contributed by atoms with E-state index in [0.717, 1.165) is 35.1 Å². The number of aromatic nitrogens is 3. The van der Waals surface area contributed by atoms with E-state index in [2.05, 4.69) is 64.6 Å². The SMILES string of the molecule is CCC(C)Oc1cc(C)ccc1CNC(=NC)NCc1ccnc(-n2ccnc2)c1. The Morgan fingerprint density at radius 3 is 2.73 bits per heavy atom. The van der Waals surface area contributed by atoms with Crippen LogP contribution in [0.2, 0.25) is 0 Å². The number of imidazole rings is 1. The number of nitrogens with one attached hydrogen (secondary N) is 2. The van der Waals surface area contributed by atoms with E-state index in [1.807, 2.05) is 22.9 Å². The minimum atomic E-state index is 0.180. The Morgan fingerprint density at radius 2 is 2.00 bits per heavy atom. The molecule has 3 aromatic rings. The maximum absolute atomic E-state index is 6.10. The number of aryl methyl sites for hydroxylation is 1. The zero-order chi connectivity index (χ0) is 21.3. The molecule has 1 aromatic carbocycles. The first-order valence-corrected chi connectivity index (χ1v) is 10.2. The minimum absolute atomic E-state index is 0.180. The molecule has 0 aliphatic heterocycles. The number of rotatable bonds is 8. The van der Waals surface area contributed by atoms with E-state index in [-0.39, 0.29) is 6.10 Å². The summed E-state index contributed by atoms with van der Waals surface area (Å²) in [5.74, 6) is 2.48. The molecule has 0 fully saturated rings.